The molecule has 2 aromatic rings. The summed E-state index contributed by atoms with van der Waals surface area (Å²) in [6.07, 6.45) is 1.24. The number of fused-ring (bicyclic) bond motifs is 1. The smallest absolute Gasteiger partial charge is 0.225 e. The Kier molecular flexibility index (Phi) is 3.60. The average Bonchev–Trinajstić information content (AvgIpc) is 2.80. The lowest BCUT2D eigenvalue weighted by Crippen LogP contribution is -2.41. The highest BCUT2D eigenvalue weighted by molar-refractivity contribution is 7.18. The van der Waals surface area contributed by atoms with Crippen molar-refractivity contribution >= 4 is 39.0 Å². The predicted octanol–water partition coefficient (Wildman–Crippen LogP) is 3.13. The predicted molar refractivity (Wildman–Crippen MR) is 79.4 cm³/mol. The van der Waals surface area contributed by atoms with Crippen LogP contribution in [0.1, 0.15) is 18.7 Å². The molecule has 0 spiro atoms. The van der Waals surface area contributed by atoms with E-state index in [4.69, 9.17) is 16.3 Å². The van der Waals surface area contributed by atoms with E-state index in [0.717, 1.165) is 42.2 Å². The Balaban J connectivity index is 2.08. The highest BCUT2D eigenvalue weighted by atomic mass is 35.5. The van der Waals surface area contributed by atoms with Crippen LogP contribution < -0.4 is 4.90 Å². The van der Waals surface area contributed by atoms with Crippen LogP contribution in [0.2, 0.25) is 5.28 Å². The van der Waals surface area contributed by atoms with Gasteiger partial charge in [-0.15, -0.1) is 11.3 Å². The molecular weight excluding hydrogens is 282 g/mol. The third-order valence-electron chi connectivity index (χ3n) is 3.29. The van der Waals surface area contributed by atoms with Crippen molar-refractivity contribution in [3.05, 3.63) is 16.2 Å². The average molecular weight is 298 g/mol. The van der Waals surface area contributed by atoms with Crippen LogP contribution in [-0.4, -0.2) is 35.8 Å². The molecule has 2 aromatic heterocycles. The van der Waals surface area contributed by atoms with Gasteiger partial charge in [-0.3, -0.25) is 0 Å². The number of thiophene rings is 1. The molecule has 1 fully saturated rings. The Labute approximate surface area is 121 Å². The fourth-order valence-corrected chi connectivity index (χ4v) is 3.53. The van der Waals surface area contributed by atoms with Crippen LogP contribution in [0.3, 0.4) is 0 Å². The van der Waals surface area contributed by atoms with Crippen LogP contribution in [-0.2, 0) is 11.2 Å². The minimum Gasteiger partial charge on any atom is -0.375 e. The molecule has 0 aromatic carbocycles. The number of hydrogen-bond donors (Lipinski definition) is 0. The Hall–Kier alpha value is -0.910. The van der Waals surface area contributed by atoms with E-state index in [1.54, 1.807) is 11.3 Å². The maximum Gasteiger partial charge on any atom is 0.225 e. The zero-order chi connectivity index (χ0) is 13.4. The van der Waals surface area contributed by atoms with E-state index in [2.05, 4.69) is 34.8 Å². The second-order valence-corrected chi connectivity index (χ2v) is 6.18. The first-order chi connectivity index (χ1) is 9.17. The second-order valence-electron chi connectivity index (χ2n) is 4.73. The molecule has 1 aliphatic rings. The first-order valence-corrected chi connectivity index (χ1v) is 7.69. The molecule has 1 saturated heterocycles. The third kappa shape index (κ3) is 2.55. The zero-order valence-electron chi connectivity index (χ0n) is 11.0. The number of rotatable bonds is 2. The molecule has 0 aliphatic carbocycles. The van der Waals surface area contributed by atoms with Crippen LogP contribution in [0.4, 0.5) is 5.82 Å². The first-order valence-electron chi connectivity index (χ1n) is 6.50. The van der Waals surface area contributed by atoms with E-state index < -0.39 is 0 Å². The van der Waals surface area contributed by atoms with Crippen molar-refractivity contribution in [2.24, 2.45) is 0 Å². The molecule has 1 aliphatic heterocycles. The van der Waals surface area contributed by atoms with Gasteiger partial charge in [-0.25, -0.2) is 4.98 Å². The molecule has 0 saturated carbocycles. The number of nitrogens with zero attached hydrogens (tertiary/aromatic N) is 3. The molecule has 4 nitrogen and oxygen atoms in total. The second kappa shape index (κ2) is 5.23. The standard InChI is InChI=1S/C13H16ClN3OS/c1-3-9-6-10-11(15-13(14)16-12(10)19-9)17-4-5-18-8(2)7-17/h6,8H,3-5,7H2,1-2H3. The molecule has 0 N–H and O–H groups in total. The van der Waals surface area contributed by atoms with E-state index in [-0.39, 0.29) is 6.10 Å². The number of aryl methyl sites for hydroxylation is 1. The maximum atomic E-state index is 6.06. The fraction of sp³-hybridized carbons (Fsp3) is 0.538. The van der Waals surface area contributed by atoms with Crippen molar-refractivity contribution in [2.45, 2.75) is 26.4 Å². The van der Waals surface area contributed by atoms with Gasteiger partial charge in [-0.05, 0) is 31.0 Å². The van der Waals surface area contributed by atoms with E-state index in [1.807, 2.05) is 0 Å². The summed E-state index contributed by atoms with van der Waals surface area (Å²) >= 11 is 7.76. The van der Waals surface area contributed by atoms with Gasteiger partial charge >= 0.3 is 0 Å². The molecule has 1 atom stereocenters. The van der Waals surface area contributed by atoms with Gasteiger partial charge < -0.3 is 9.64 Å². The monoisotopic (exact) mass is 297 g/mol. The first kappa shape index (κ1) is 13.1. The number of aromatic nitrogens is 2. The highest BCUT2D eigenvalue weighted by Gasteiger charge is 2.21. The number of hydrogen-bond acceptors (Lipinski definition) is 5. The van der Waals surface area contributed by atoms with Gasteiger partial charge in [-0.1, -0.05) is 6.92 Å². The molecule has 102 valence electrons. The van der Waals surface area contributed by atoms with Gasteiger partial charge in [0.15, 0.2) is 0 Å². The molecule has 19 heavy (non-hydrogen) atoms. The minimum atomic E-state index is 0.224. The van der Waals surface area contributed by atoms with Gasteiger partial charge in [0.25, 0.3) is 0 Å². The SMILES string of the molecule is CCc1cc2c(N3CCOC(C)C3)nc(Cl)nc2s1. The summed E-state index contributed by atoms with van der Waals surface area (Å²) in [5, 5.41) is 1.44. The van der Waals surface area contributed by atoms with Gasteiger partial charge in [0.2, 0.25) is 5.28 Å². The molecule has 3 rings (SSSR count). The summed E-state index contributed by atoms with van der Waals surface area (Å²) in [5.41, 5.74) is 0. The molecule has 0 amide bonds. The molecular formula is C13H16ClN3OS. The van der Waals surface area contributed by atoms with Crippen molar-refractivity contribution in [1.82, 2.24) is 9.97 Å². The minimum absolute atomic E-state index is 0.224. The third-order valence-corrected chi connectivity index (χ3v) is 4.63. The van der Waals surface area contributed by atoms with Crippen molar-refractivity contribution < 1.29 is 4.74 Å². The van der Waals surface area contributed by atoms with Gasteiger partial charge in [0, 0.05) is 18.0 Å². The van der Waals surface area contributed by atoms with Crippen molar-refractivity contribution in [3.63, 3.8) is 0 Å². The number of halogens is 1. The lowest BCUT2D eigenvalue weighted by atomic mass is 10.2. The molecule has 0 radical (unpaired) electrons. The lowest BCUT2D eigenvalue weighted by molar-refractivity contribution is 0.0530. The quantitative estimate of drug-likeness (QED) is 0.798. The molecule has 3 heterocycles. The largest absolute Gasteiger partial charge is 0.375 e. The summed E-state index contributed by atoms with van der Waals surface area (Å²) in [7, 11) is 0. The highest BCUT2D eigenvalue weighted by Crippen LogP contribution is 2.32. The Morgan fingerprint density at radius 2 is 2.37 bits per heavy atom. The maximum absolute atomic E-state index is 6.06. The Morgan fingerprint density at radius 1 is 1.53 bits per heavy atom. The molecule has 6 heteroatoms. The molecule has 1 unspecified atom stereocenters. The summed E-state index contributed by atoms with van der Waals surface area (Å²) < 4.78 is 5.58. The van der Waals surface area contributed by atoms with Crippen molar-refractivity contribution in [2.75, 3.05) is 24.6 Å². The van der Waals surface area contributed by atoms with E-state index in [0.29, 0.717) is 5.28 Å². The van der Waals surface area contributed by atoms with Crippen LogP contribution >= 0.6 is 22.9 Å². The van der Waals surface area contributed by atoms with Crippen molar-refractivity contribution in [3.8, 4) is 0 Å². The van der Waals surface area contributed by atoms with E-state index >= 15 is 0 Å². The summed E-state index contributed by atoms with van der Waals surface area (Å²) in [5.74, 6) is 0.945. The van der Waals surface area contributed by atoms with Gasteiger partial charge in [0.1, 0.15) is 10.6 Å². The van der Waals surface area contributed by atoms with E-state index in [1.165, 1.54) is 4.88 Å². The van der Waals surface area contributed by atoms with Gasteiger partial charge in [0.05, 0.1) is 18.1 Å². The van der Waals surface area contributed by atoms with Crippen LogP contribution in [0.5, 0.6) is 0 Å². The summed E-state index contributed by atoms with van der Waals surface area (Å²) in [6, 6.07) is 2.19. The number of morpholine rings is 1. The number of anilines is 1. The van der Waals surface area contributed by atoms with Crippen LogP contribution in [0.15, 0.2) is 6.07 Å². The van der Waals surface area contributed by atoms with Crippen molar-refractivity contribution in [1.29, 1.82) is 0 Å². The summed E-state index contributed by atoms with van der Waals surface area (Å²) in [6.45, 7) is 6.66. The van der Waals surface area contributed by atoms with Gasteiger partial charge in [-0.2, -0.15) is 4.98 Å². The zero-order valence-corrected chi connectivity index (χ0v) is 12.6. The lowest BCUT2D eigenvalue weighted by Gasteiger charge is -2.32. The fourth-order valence-electron chi connectivity index (χ4n) is 2.36. The topological polar surface area (TPSA) is 38.2 Å². The summed E-state index contributed by atoms with van der Waals surface area (Å²) in [4.78, 5) is 13.3. The van der Waals surface area contributed by atoms with Crippen LogP contribution in [0.25, 0.3) is 10.2 Å². The Bertz CT molecular complexity index is 601. The van der Waals surface area contributed by atoms with E-state index in [9.17, 15) is 0 Å². The Morgan fingerprint density at radius 3 is 3.11 bits per heavy atom. The normalized spacial score (nSPS) is 20.2. The number of ether oxygens (including phenoxy) is 1. The van der Waals surface area contributed by atoms with Crippen LogP contribution in [0, 0.1) is 0 Å². The molecule has 0 bridgehead atoms.